The van der Waals surface area contributed by atoms with E-state index in [1.165, 1.54) is 6.42 Å². The van der Waals surface area contributed by atoms with Gasteiger partial charge in [-0.05, 0) is 32.9 Å². The zero-order valence-electron chi connectivity index (χ0n) is 11.1. The van der Waals surface area contributed by atoms with Crippen LogP contribution in [0.5, 0.6) is 0 Å². The molecule has 1 atom stereocenters. The fraction of sp³-hybridized carbons (Fsp3) is 0.917. The highest BCUT2D eigenvalue weighted by atomic mass is 15.2. The summed E-state index contributed by atoms with van der Waals surface area (Å²) in [5.74, 6) is 1.71. The summed E-state index contributed by atoms with van der Waals surface area (Å²) >= 11 is 0. The maximum absolute atomic E-state index is 4.42. The predicted molar refractivity (Wildman–Crippen MR) is 69.9 cm³/mol. The second kappa shape index (κ2) is 6.74. The third-order valence-corrected chi connectivity index (χ3v) is 2.88. The van der Waals surface area contributed by atoms with Gasteiger partial charge in [-0.15, -0.1) is 0 Å². The Morgan fingerprint density at radius 3 is 2.69 bits per heavy atom. The van der Waals surface area contributed by atoms with Crippen molar-refractivity contribution in [3.8, 4) is 0 Å². The molecule has 0 amide bonds. The van der Waals surface area contributed by atoms with Crippen LogP contribution < -0.4 is 10.6 Å². The van der Waals surface area contributed by atoms with Gasteiger partial charge in [0.05, 0.1) is 0 Å². The Balaban J connectivity index is 2.34. The van der Waals surface area contributed by atoms with E-state index in [2.05, 4.69) is 48.5 Å². The number of nitrogens with zero attached hydrogens (tertiary/aromatic N) is 2. The molecule has 94 valence electrons. The molecule has 1 heterocycles. The molecule has 0 aliphatic carbocycles. The summed E-state index contributed by atoms with van der Waals surface area (Å²) in [5.41, 5.74) is 0. The van der Waals surface area contributed by atoms with Crippen molar-refractivity contribution in [1.29, 1.82) is 0 Å². The minimum absolute atomic E-state index is 0.575. The summed E-state index contributed by atoms with van der Waals surface area (Å²) < 4.78 is 0. The smallest absolute Gasteiger partial charge is 0.191 e. The Morgan fingerprint density at radius 1 is 1.44 bits per heavy atom. The zero-order chi connectivity index (χ0) is 12.0. The van der Waals surface area contributed by atoms with Gasteiger partial charge in [0.15, 0.2) is 5.96 Å². The van der Waals surface area contributed by atoms with E-state index in [0.717, 1.165) is 37.9 Å². The highest BCUT2D eigenvalue weighted by Gasteiger charge is 2.14. The second-order valence-electron chi connectivity index (χ2n) is 5.14. The van der Waals surface area contributed by atoms with E-state index in [9.17, 15) is 0 Å². The van der Waals surface area contributed by atoms with Crippen LogP contribution in [-0.4, -0.2) is 50.6 Å². The molecule has 0 saturated heterocycles. The van der Waals surface area contributed by atoms with E-state index >= 15 is 0 Å². The van der Waals surface area contributed by atoms with Gasteiger partial charge in [-0.1, -0.05) is 13.8 Å². The van der Waals surface area contributed by atoms with Crippen LogP contribution in [0, 0.1) is 5.92 Å². The molecule has 4 heteroatoms. The Morgan fingerprint density at radius 2 is 2.19 bits per heavy atom. The molecule has 2 N–H and O–H groups in total. The Bertz CT molecular complexity index is 223. The molecule has 0 radical (unpaired) electrons. The van der Waals surface area contributed by atoms with E-state index in [-0.39, 0.29) is 0 Å². The number of hydrogen-bond donors (Lipinski definition) is 2. The SMILES string of the molecule is CC(C)CC(CNC1=NCCCN1)N(C)C. The first-order chi connectivity index (χ1) is 7.59. The summed E-state index contributed by atoms with van der Waals surface area (Å²) in [6, 6.07) is 0.575. The molecular weight excluding hydrogens is 200 g/mol. The number of nitrogens with one attached hydrogen (secondary N) is 2. The van der Waals surface area contributed by atoms with Gasteiger partial charge >= 0.3 is 0 Å². The van der Waals surface area contributed by atoms with E-state index in [1.807, 2.05) is 0 Å². The number of guanidine groups is 1. The number of rotatable bonds is 5. The fourth-order valence-electron chi connectivity index (χ4n) is 1.89. The maximum atomic E-state index is 4.42. The average Bonchev–Trinajstić information content (AvgIpc) is 2.25. The van der Waals surface area contributed by atoms with E-state index in [4.69, 9.17) is 0 Å². The van der Waals surface area contributed by atoms with Crippen molar-refractivity contribution < 1.29 is 0 Å². The van der Waals surface area contributed by atoms with Gasteiger partial charge < -0.3 is 15.5 Å². The predicted octanol–water partition coefficient (Wildman–Crippen LogP) is 0.902. The van der Waals surface area contributed by atoms with Gasteiger partial charge in [-0.2, -0.15) is 0 Å². The average molecular weight is 226 g/mol. The molecular formula is C12H26N4. The van der Waals surface area contributed by atoms with Gasteiger partial charge in [-0.25, -0.2) is 0 Å². The van der Waals surface area contributed by atoms with Crippen LogP contribution in [0.1, 0.15) is 26.7 Å². The molecule has 1 aliphatic rings. The lowest BCUT2D eigenvalue weighted by atomic mass is 10.0. The standard InChI is InChI=1S/C12H26N4/c1-10(2)8-11(16(3)4)9-15-12-13-6-5-7-14-12/h10-11H,5-9H2,1-4H3,(H2,13,14,15). The zero-order valence-corrected chi connectivity index (χ0v) is 11.1. The molecule has 0 aromatic heterocycles. The van der Waals surface area contributed by atoms with Gasteiger partial charge in [0.25, 0.3) is 0 Å². The van der Waals surface area contributed by atoms with Crippen LogP contribution in [0.3, 0.4) is 0 Å². The summed E-state index contributed by atoms with van der Waals surface area (Å²) in [7, 11) is 4.29. The van der Waals surface area contributed by atoms with Crippen molar-refractivity contribution in [1.82, 2.24) is 15.5 Å². The molecule has 1 rings (SSSR count). The highest BCUT2D eigenvalue weighted by molar-refractivity contribution is 5.80. The minimum atomic E-state index is 0.575. The lowest BCUT2D eigenvalue weighted by Gasteiger charge is -2.27. The lowest BCUT2D eigenvalue weighted by Crippen LogP contribution is -2.47. The molecule has 16 heavy (non-hydrogen) atoms. The molecule has 0 aromatic rings. The minimum Gasteiger partial charge on any atom is -0.356 e. The van der Waals surface area contributed by atoms with Crippen LogP contribution in [-0.2, 0) is 0 Å². The van der Waals surface area contributed by atoms with Crippen LogP contribution in [0.25, 0.3) is 0 Å². The summed E-state index contributed by atoms with van der Waals surface area (Å²) in [4.78, 5) is 6.70. The van der Waals surface area contributed by atoms with Crippen LogP contribution in [0.4, 0.5) is 0 Å². The molecule has 0 bridgehead atoms. The van der Waals surface area contributed by atoms with Crippen molar-refractivity contribution in [3.05, 3.63) is 0 Å². The number of hydrogen-bond acceptors (Lipinski definition) is 4. The van der Waals surface area contributed by atoms with Crippen LogP contribution >= 0.6 is 0 Å². The second-order valence-corrected chi connectivity index (χ2v) is 5.14. The highest BCUT2D eigenvalue weighted by Crippen LogP contribution is 2.08. The van der Waals surface area contributed by atoms with Gasteiger partial charge in [0, 0.05) is 25.7 Å². The first-order valence-corrected chi connectivity index (χ1v) is 6.28. The van der Waals surface area contributed by atoms with Crippen molar-refractivity contribution in [2.45, 2.75) is 32.7 Å². The Hall–Kier alpha value is -0.770. The van der Waals surface area contributed by atoms with Gasteiger partial charge in [0.1, 0.15) is 0 Å². The van der Waals surface area contributed by atoms with E-state index < -0.39 is 0 Å². The number of likely N-dealkylation sites (N-methyl/N-ethyl adjacent to an activating group) is 1. The molecule has 4 nitrogen and oxygen atoms in total. The topological polar surface area (TPSA) is 39.7 Å². The molecule has 0 spiro atoms. The Kier molecular flexibility index (Phi) is 5.60. The monoisotopic (exact) mass is 226 g/mol. The Labute approximate surface area is 99.5 Å². The van der Waals surface area contributed by atoms with Crippen molar-refractivity contribution >= 4 is 5.96 Å². The summed E-state index contributed by atoms with van der Waals surface area (Å²) in [5, 5.41) is 6.69. The first-order valence-electron chi connectivity index (χ1n) is 6.28. The number of aliphatic imine (C=N–C) groups is 1. The van der Waals surface area contributed by atoms with Crippen molar-refractivity contribution in [2.24, 2.45) is 10.9 Å². The van der Waals surface area contributed by atoms with E-state index in [1.54, 1.807) is 0 Å². The summed E-state index contributed by atoms with van der Waals surface area (Å²) in [6.45, 7) is 7.51. The van der Waals surface area contributed by atoms with Crippen molar-refractivity contribution in [3.63, 3.8) is 0 Å². The first kappa shape index (κ1) is 13.3. The molecule has 0 fully saturated rings. The fourth-order valence-corrected chi connectivity index (χ4v) is 1.89. The molecule has 0 aromatic carbocycles. The maximum Gasteiger partial charge on any atom is 0.191 e. The van der Waals surface area contributed by atoms with Gasteiger partial charge in [0.2, 0.25) is 0 Å². The lowest BCUT2D eigenvalue weighted by molar-refractivity contribution is 0.254. The molecule has 1 unspecified atom stereocenters. The summed E-state index contributed by atoms with van der Waals surface area (Å²) in [6.07, 6.45) is 2.36. The molecule has 0 saturated carbocycles. The van der Waals surface area contributed by atoms with Crippen LogP contribution in [0.15, 0.2) is 4.99 Å². The third kappa shape index (κ3) is 4.84. The largest absolute Gasteiger partial charge is 0.356 e. The van der Waals surface area contributed by atoms with Crippen molar-refractivity contribution in [2.75, 3.05) is 33.7 Å². The quantitative estimate of drug-likeness (QED) is 0.732. The van der Waals surface area contributed by atoms with Gasteiger partial charge in [-0.3, -0.25) is 4.99 Å². The van der Waals surface area contributed by atoms with E-state index in [0.29, 0.717) is 6.04 Å². The normalized spacial score (nSPS) is 18.2. The van der Waals surface area contributed by atoms with Crippen LogP contribution in [0.2, 0.25) is 0 Å². The third-order valence-electron chi connectivity index (χ3n) is 2.88. The molecule has 1 aliphatic heterocycles.